The molecule has 296 valence electrons. The van der Waals surface area contributed by atoms with Crippen molar-refractivity contribution in [3.8, 4) is 22.9 Å². The van der Waals surface area contributed by atoms with E-state index in [2.05, 4.69) is 35.9 Å². The minimum atomic E-state index is -2.43. The Bertz CT molecular complexity index is 1880. The van der Waals surface area contributed by atoms with Crippen LogP contribution < -0.4 is 37.0 Å². The predicted molar refractivity (Wildman–Crippen MR) is 230 cm³/mol. The van der Waals surface area contributed by atoms with Crippen LogP contribution in [0.2, 0.25) is 0 Å². The zero-order valence-corrected chi connectivity index (χ0v) is 37.7. The maximum absolute atomic E-state index is 12.3. The van der Waals surface area contributed by atoms with E-state index >= 15 is 0 Å². The molecule has 1 fully saturated rings. The molecule has 0 aliphatic carbocycles. The first-order valence-electron chi connectivity index (χ1n) is 17.0. The Balaban J connectivity index is 0.000000279. The summed E-state index contributed by atoms with van der Waals surface area (Å²) in [4.78, 5) is 16.0. The summed E-state index contributed by atoms with van der Waals surface area (Å²) in [6, 6.07) is 10.9. The van der Waals surface area contributed by atoms with Crippen LogP contribution in [0.1, 0.15) is 48.5 Å². The van der Waals surface area contributed by atoms with Gasteiger partial charge in [-0.1, -0.05) is 6.07 Å². The van der Waals surface area contributed by atoms with Crippen LogP contribution in [-0.2, 0) is 18.4 Å². The third kappa shape index (κ3) is 14.8. The number of nitrogen functional groups attached to an aromatic ring is 2. The summed E-state index contributed by atoms with van der Waals surface area (Å²) >= 11 is 13.2. The number of aromatic nitrogens is 4. The molecule has 12 nitrogen and oxygen atoms in total. The Kier molecular flexibility index (Phi) is 18.0. The van der Waals surface area contributed by atoms with Crippen molar-refractivity contribution < 1.29 is 27.9 Å². The molecule has 0 unspecified atom stereocenters. The molecule has 0 bridgehead atoms. The van der Waals surface area contributed by atoms with Gasteiger partial charge in [-0.15, -0.1) is 23.2 Å². The molecule has 0 spiro atoms. The summed E-state index contributed by atoms with van der Waals surface area (Å²) in [7, 11) is -5.30. The summed E-state index contributed by atoms with van der Waals surface area (Å²) in [5.74, 6) is 1.89. The van der Waals surface area contributed by atoms with Crippen molar-refractivity contribution in [3.05, 3.63) is 65.9 Å². The average Bonchev–Trinajstić information content (AvgIpc) is 3.28. The van der Waals surface area contributed by atoms with Crippen molar-refractivity contribution in [1.29, 1.82) is 0 Å². The maximum Gasteiger partial charge on any atom is 0.494 e. The quantitative estimate of drug-likeness (QED) is 0.0583. The molecular weight excluding hydrogens is 836 g/mol. The molecule has 1 aliphatic heterocycles. The zero-order valence-electron chi connectivity index (χ0n) is 32.8. The van der Waals surface area contributed by atoms with Gasteiger partial charge in [0.25, 0.3) is 0 Å². The van der Waals surface area contributed by atoms with Crippen molar-refractivity contribution in [2.24, 2.45) is 0 Å². The van der Waals surface area contributed by atoms with Gasteiger partial charge in [0.05, 0.1) is 49.2 Å². The van der Waals surface area contributed by atoms with Crippen molar-refractivity contribution in [3.63, 3.8) is 0 Å². The van der Waals surface area contributed by atoms with E-state index in [4.69, 9.17) is 53.5 Å². The summed E-state index contributed by atoms with van der Waals surface area (Å²) in [5.41, 5.74) is 13.8. The zero-order chi connectivity index (χ0) is 41.1. The number of hydrogen-bond acceptors (Lipinski definition) is 12. The molecule has 1 aliphatic rings. The molecule has 1 saturated heterocycles. The number of alkyl halides is 2. The Hall–Kier alpha value is -2.70. The van der Waals surface area contributed by atoms with Crippen molar-refractivity contribution in [2.75, 3.05) is 51.3 Å². The van der Waals surface area contributed by atoms with Crippen LogP contribution in [-0.4, -0.2) is 83.0 Å². The molecular formula is C36H52BBrCl2N6O6P2. The number of nitrogens with zero attached hydrogens (tertiary/aromatic N) is 4. The van der Waals surface area contributed by atoms with Crippen molar-refractivity contribution in [2.45, 2.75) is 64.5 Å². The van der Waals surface area contributed by atoms with Gasteiger partial charge < -0.3 is 39.4 Å². The minimum absolute atomic E-state index is 0.222. The molecule has 3 heterocycles. The molecule has 0 saturated carbocycles. The highest BCUT2D eigenvalue weighted by Crippen LogP contribution is 2.39. The number of hydrogen-bond donors (Lipinski definition) is 2. The number of ether oxygens (including phenoxy) is 2. The third-order valence-corrected chi connectivity index (χ3v) is 11.4. The topological polar surface area (TPSA) is 175 Å². The fourth-order valence-corrected chi connectivity index (χ4v) is 7.06. The Morgan fingerprint density at radius 1 is 0.759 bits per heavy atom. The first-order valence-corrected chi connectivity index (χ1v) is 23.9. The molecule has 4 aromatic rings. The van der Waals surface area contributed by atoms with E-state index in [1.165, 1.54) is 0 Å². The molecule has 0 amide bonds. The Morgan fingerprint density at radius 2 is 1.15 bits per heavy atom. The van der Waals surface area contributed by atoms with Gasteiger partial charge in [0, 0.05) is 27.5 Å². The lowest BCUT2D eigenvalue weighted by Gasteiger charge is -2.32. The van der Waals surface area contributed by atoms with Gasteiger partial charge in [0.15, 0.2) is 22.1 Å². The highest BCUT2D eigenvalue weighted by Gasteiger charge is 2.51. The van der Waals surface area contributed by atoms with Gasteiger partial charge in [-0.3, -0.25) is 0 Å². The van der Waals surface area contributed by atoms with E-state index in [0.29, 0.717) is 57.3 Å². The van der Waals surface area contributed by atoms with E-state index in [-0.39, 0.29) is 16.0 Å². The van der Waals surface area contributed by atoms with Crippen LogP contribution in [0.15, 0.2) is 65.9 Å². The lowest BCUT2D eigenvalue weighted by Crippen LogP contribution is -2.41. The van der Waals surface area contributed by atoms with Crippen LogP contribution in [0.25, 0.3) is 11.4 Å². The summed E-state index contributed by atoms with van der Waals surface area (Å²) in [5, 5.41) is 1.34. The second kappa shape index (κ2) is 20.5. The Morgan fingerprint density at radius 3 is 1.56 bits per heavy atom. The standard InChI is InChI=1S/C14H23BNO3P.C14H18N3O2P.C6H7BrN2O.C2H4Cl2/c1-13(2)14(3,4)19-15(18-13)10-7-8-11(16)12(9-10)20(5,6)17;1-4-19-11-8-16-14(17-9-11)10-5-6-12(15)13(7-10)20(2,3)18;1-2-10-5-3-8-6(7)9-4-5;1-2(3)4/h7-9H,16H2,1-6H3;5-9H,4,15H2,1-3H3;3-4H,2H2,1H3;2H,1H3. The lowest BCUT2D eigenvalue weighted by molar-refractivity contribution is 0.00578. The van der Waals surface area contributed by atoms with Crippen LogP contribution >= 0.6 is 53.4 Å². The molecule has 54 heavy (non-hydrogen) atoms. The van der Waals surface area contributed by atoms with Crippen LogP contribution in [0.4, 0.5) is 11.4 Å². The highest BCUT2D eigenvalue weighted by molar-refractivity contribution is 9.10. The van der Waals surface area contributed by atoms with E-state index < -0.39 is 21.4 Å². The van der Waals surface area contributed by atoms with Gasteiger partial charge in [0.2, 0.25) is 0 Å². The van der Waals surface area contributed by atoms with E-state index in [9.17, 15) is 9.13 Å². The third-order valence-electron chi connectivity index (χ3n) is 7.88. The van der Waals surface area contributed by atoms with Crippen molar-refractivity contribution in [1.82, 2.24) is 19.9 Å². The van der Waals surface area contributed by atoms with Gasteiger partial charge >= 0.3 is 7.12 Å². The number of benzene rings is 2. The lowest BCUT2D eigenvalue weighted by atomic mass is 9.79. The molecule has 0 atom stereocenters. The summed E-state index contributed by atoms with van der Waals surface area (Å²) < 4.78 is 47.5. The minimum Gasteiger partial charge on any atom is -0.491 e. The smallest absolute Gasteiger partial charge is 0.491 e. The SMILES string of the molecule is CC(Cl)Cl.CC1(C)OB(c2ccc(N)c(P(C)(C)=O)c2)OC1(C)C.CCOc1cnc(-c2ccc(N)c(P(C)(C)=O)c2)nc1.CCOc1cnc(Br)nc1. The summed E-state index contributed by atoms with van der Waals surface area (Å²) in [6.07, 6.45) is 6.50. The highest BCUT2D eigenvalue weighted by atomic mass is 79.9. The van der Waals surface area contributed by atoms with E-state index in [1.54, 1.807) is 76.6 Å². The van der Waals surface area contributed by atoms with Gasteiger partial charge in [-0.25, -0.2) is 19.9 Å². The molecule has 2 aromatic heterocycles. The fourth-order valence-electron chi connectivity index (χ4n) is 4.55. The predicted octanol–water partition coefficient (Wildman–Crippen LogP) is 7.64. The van der Waals surface area contributed by atoms with Crippen LogP contribution in [0, 0.1) is 0 Å². The number of nitrogens with two attached hydrogens (primary N) is 2. The van der Waals surface area contributed by atoms with Crippen molar-refractivity contribution >= 4 is 88.0 Å². The van der Waals surface area contributed by atoms with Gasteiger partial charge in [-0.05, 0) is 127 Å². The number of rotatable bonds is 8. The van der Waals surface area contributed by atoms with E-state index in [0.717, 1.165) is 11.0 Å². The molecule has 0 radical (unpaired) electrons. The Labute approximate surface area is 338 Å². The molecule has 18 heteroatoms. The van der Waals surface area contributed by atoms with E-state index in [1.807, 2.05) is 59.7 Å². The average molecular weight is 888 g/mol. The second-order valence-corrected chi connectivity index (χ2v) is 22.3. The second-order valence-electron chi connectivity index (χ2n) is 13.7. The fraction of sp³-hybridized carbons (Fsp3) is 0.444. The maximum atomic E-state index is 12.3. The van der Waals surface area contributed by atoms with Crippen LogP contribution in [0.3, 0.4) is 0 Å². The molecule has 4 N–H and O–H groups in total. The first kappa shape index (κ1) is 47.5. The summed E-state index contributed by atoms with van der Waals surface area (Å²) in [6.45, 7) is 21.6. The first-order chi connectivity index (χ1) is 24.9. The van der Waals surface area contributed by atoms with Crippen LogP contribution in [0.5, 0.6) is 11.5 Å². The molecule has 2 aromatic carbocycles. The number of halogens is 3. The van der Waals surface area contributed by atoms with Gasteiger partial charge in [-0.2, -0.15) is 0 Å². The monoisotopic (exact) mass is 886 g/mol. The number of anilines is 2. The molecule has 5 rings (SSSR count). The normalized spacial score (nSPS) is 14.5. The van der Waals surface area contributed by atoms with Gasteiger partial charge in [0.1, 0.15) is 19.1 Å². The largest absolute Gasteiger partial charge is 0.494 e.